The van der Waals surface area contributed by atoms with E-state index in [1.165, 1.54) is 17.3 Å². The van der Waals surface area contributed by atoms with Crippen LogP contribution in [-0.2, 0) is 4.79 Å². The van der Waals surface area contributed by atoms with Crippen molar-refractivity contribution in [2.75, 3.05) is 13.1 Å². The van der Waals surface area contributed by atoms with E-state index in [1.807, 2.05) is 13.8 Å². The van der Waals surface area contributed by atoms with Gasteiger partial charge in [-0.25, -0.2) is 13.8 Å². The number of ether oxygens (including phenoxy) is 1. The molecule has 8 heteroatoms. The molecule has 1 atom stereocenters. The summed E-state index contributed by atoms with van der Waals surface area (Å²) < 4.78 is 35.7. The van der Waals surface area contributed by atoms with E-state index in [9.17, 15) is 9.18 Å². The number of aromatic nitrogens is 2. The average molecular weight is 393 g/mol. The Labute approximate surface area is 162 Å². The molecule has 152 valence electrons. The van der Waals surface area contributed by atoms with Gasteiger partial charge in [-0.2, -0.15) is 0 Å². The first-order valence-electron chi connectivity index (χ1n) is 9.50. The number of rotatable bonds is 6. The summed E-state index contributed by atoms with van der Waals surface area (Å²) in [7, 11) is 0. The van der Waals surface area contributed by atoms with Crippen LogP contribution in [0.25, 0.3) is 5.57 Å². The van der Waals surface area contributed by atoms with Crippen molar-refractivity contribution < 1.29 is 23.4 Å². The van der Waals surface area contributed by atoms with E-state index in [0.29, 0.717) is 43.1 Å². The van der Waals surface area contributed by atoms with Crippen molar-refractivity contribution in [3.8, 4) is 5.88 Å². The summed E-state index contributed by atoms with van der Waals surface area (Å²) in [4.78, 5) is 20.7. The number of hydrogen-bond donors (Lipinski definition) is 1. The zero-order valence-corrected chi connectivity index (χ0v) is 16.1. The normalized spacial score (nSPS) is 24.0. The maximum absolute atomic E-state index is 15.4. The predicted octanol–water partition coefficient (Wildman–Crippen LogP) is 3.76. The summed E-state index contributed by atoms with van der Waals surface area (Å²) in [6.45, 7) is 4.39. The van der Waals surface area contributed by atoms with Crippen molar-refractivity contribution in [3.63, 3.8) is 0 Å². The molecule has 0 spiro atoms. The van der Waals surface area contributed by atoms with Crippen LogP contribution in [0.1, 0.15) is 45.2 Å². The molecule has 0 radical (unpaired) electrons. The van der Waals surface area contributed by atoms with Gasteiger partial charge < -0.3 is 9.84 Å². The molecule has 2 heterocycles. The standard InChI is InChI=1S/C20H25F2N3O3/c1-13(2)28-18-12-23-11-16(24-18)15-3-6-20(22,17(21)10-15)25-7-4-14(5-8-25)9-19(26)27/h3,10-14H,4-9H2,1-2H3,(H,26,27). The largest absolute Gasteiger partial charge is 0.481 e. The molecule has 1 aliphatic heterocycles. The number of halogens is 2. The number of aliphatic carboxylic acids is 1. The van der Waals surface area contributed by atoms with Gasteiger partial charge in [0.05, 0.1) is 24.2 Å². The van der Waals surface area contributed by atoms with Crippen LogP contribution in [-0.4, -0.2) is 50.9 Å². The Balaban J connectivity index is 1.70. The summed E-state index contributed by atoms with van der Waals surface area (Å²) in [6, 6.07) is 0. The second kappa shape index (κ2) is 8.34. The lowest BCUT2D eigenvalue weighted by atomic mass is 9.90. The summed E-state index contributed by atoms with van der Waals surface area (Å²) in [5, 5.41) is 8.89. The van der Waals surface area contributed by atoms with Crippen molar-refractivity contribution in [1.29, 1.82) is 0 Å². The quantitative estimate of drug-likeness (QED) is 0.742. The Kier molecular flexibility index (Phi) is 6.07. The van der Waals surface area contributed by atoms with E-state index in [2.05, 4.69) is 9.97 Å². The van der Waals surface area contributed by atoms with Gasteiger partial charge in [0.25, 0.3) is 0 Å². The molecule has 0 amide bonds. The van der Waals surface area contributed by atoms with Crippen LogP contribution in [0.3, 0.4) is 0 Å². The van der Waals surface area contributed by atoms with E-state index in [4.69, 9.17) is 9.84 Å². The third-order valence-corrected chi connectivity index (χ3v) is 5.08. The molecule has 1 unspecified atom stereocenters. The van der Waals surface area contributed by atoms with Gasteiger partial charge in [0, 0.05) is 31.5 Å². The third kappa shape index (κ3) is 4.55. The van der Waals surface area contributed by atoms with E-state index in [1.54, 1.807) is 6.08 Å². The number of nitrogens with zero attached hydrogens (tertiary/aromatic N) is 3. The lowest BCUT2D eigenvalue weighted by Crippen LogP contribution is -2.50. The molecule has 2 aliphatic rings. The predicted molar refractivity (Wildman–Crippen MR) is 100.0 cm³/mol. The fourth-order valence-corrected chi connectivity index (χ4v) is 3.63. The highest BCUT2D eigenvalue weighted by Crippen LogP contribution is 2.40. The van der Waals surface area contributed by atoms with Crippen molar-refractivity contribution in [1.82, 2.24) is 14.9 Å². The SMILES string of the molecule is CC(C)Oc1cncc(C2=CCC(F)(N3CCC(CC(=O)O)CC3)C(F)=C2)n1. The number of piperidine rings is 1. The molecular formula is C20H25F2N3O3. The van der Waals surface area contributed by atoms with Crippen LogP contribution in [0, 0.1) is 5.92 Å². The summed E-state index contributed by atoms with van der Waals surface area (Å²) in [6.07, 6.45) is 6.71. The molecule has 0 aromatic carbocycles. The molecular weight excluding hydrogens is 368 g/mol. The number of hydrogen-bond acceptors (Lipinski definition) is 5. The first-order chi connectivity index (χ1) is 13.3. The van der Waals surface area contributed by atoms with E-state index < -0.39 is 17.6 Å². The molecule has 1 fully saturated rings. The molecule has 3 rings (SSSR count). The zero-order chi connectivity index (χ0) is 20.3. The first kappa shape index (κ1) is 20.4. The van der Waals surface area contributed by atoms with E-state index in [-0.39, 0.29) is 24.9 Å². The summed E-state index contributed by atoms with van der Waals surface area (Å²) in [5.74, 6) is -3.57. The lowest BCUT2D eigenvalue weighted by molar-refractivity contribution is -0.138. The van der Waals surface area contributed by atoms with E-state index in [0.717, 1.165) is 6.08 Å². The Morgan fingerprint density at radius 3 is 2.71 bits per heavy atom. The third-order valence-electron chi connectivity index (χ3n) is 5.08. The highest BCUT2D eigenvalue weighted by atomic mass is 19.2. The highest BCUT2D eigenvalue weighted by Gasteiger charge is 2.44. The number of allylic oxidation sites excluding steroid dienone is 2. The van der Waals surface area contributed by atoms with Crippen LogP contribution in [0.2, 0.25) is 0 Å². The Morgan fingerprint density at radius 2 is 2.11 bits per heavy atom. The van der Waals surface area contributed by atoms with Gasteiger partial charge in [0.1, 0.15) is 0 Å². The maximum Gasteiger partial charge on any atom is 0.303 e. The number of likely N-dealkylation sites (tertiary alicyclic amines) is 1. The average Bonchev–Trinajstić information content (AvgIpc) is 2.64. The second-order valence-electron chi connectivity index (χ2n) is 7.55. The Hall–Kier alpha value is -2.35. The minimum Gasteiger partial charge on any atom is -0.481 e. The van der Waals surface area contributed by atoms with Crippen LogP contribution < -0.4 is 4.74 Å². The van der Waals surface area contributed by atoms with Gasteiger partial charge >= 0.3 is 5.97 Å². The van der Waals surface area contributed by atoms with Gasteiger partial charge in [0.15, 0.2) is 5.83 Å². The van der Waals surface area contributed by atoms with Crippen molar-refractivity contribution >= 4 is 11.5 Å². The Bertz CT molecular complexity index is 789. The fourth-order valence-electron chi connectivity index (χ4n) is 3.63. The molecule has 1 aliphatic carbocycles. The minimum atomic E-state index is -2.20. The van der Waals surface area contributed by atoms with Crippen LogP contribution >= 0.6 is 0 Å². The van der Waals surface area contributed by atoms with Gasteiger partial charge in [-0.15, -0.1) is 0 Å². The first-order valence-corrected chi connectivity index (χ1v) is 9.50. The van der Waals surface area contributed by atoms with Crippen molar-refractivity contribution in [2.45, 2.75) is 51.4 Å². The lowest BCUT2D eigenvalue weighted by Gasteiger charge is -2.41. The summed E-state index contributed by atoms with van der Waals surface area (Å²) in [5.41, 5.74) is 0.892. The monoisotopic (exact) mass is 393 g/mol. The number of carboxylic acids is 1. The smallest absolute Gasteiger partial charge is 0.303 e. The summed E-state index contributed by atoms with van der Waals surface area (Å²) >= 11 is 0. The number of carboxylic acid groups (broad SMARTS) is 1. The molecule has 1 aromatic rings. The van der Waals surface area contributed by atoms with Crippen molar-refractivity contribution in [2.24, 2.45) is 5.92 Å². The van der Waals surface area contributed by atoms with Crippen LogP contribution in [0.15, 0.2) is 30.4 Å². The van der Waals surface area contributed by atoms with Gasteiger partial charge in [-0.05, 0) is 38.7 Å². The fraction of sp³-hybridized carbons (Fsp3) is 0.550. The molecule has 1 aromatic heterocycles. The van der Waals surface area contributed by atoms with Gasteiger partial charge in [-0.3, -0.25) is 14.7 Å². The van der Waals surface area contributed by atoms with Crippen molar-refractivity contribution in [3.05, 3.63) is 36.1 Å². The molecule has 0 saturated carbocycles. The van der Waals surface area contributed by atoms with Crippen LogP contribution in [0.5, 0.6) is 5.88 Å². The van der Waals surface area contributed by atoms with Gasteiger partial charge in [0.2, 0.25) is 11.7 Å². The molecule has 28 heavy (non-hydrogen) atoms. The number of carbonyl (C=O) groups is 1. The van der Waals surface area contributed by atoms with Gasteiger partial charge in [-0.1, -0.05) is 6.08 Å². The molecule has 6 nitrogen and oxygen atoms in total. The highest BCUT2D eigenvalue weighted by molar-refractivity contribution is 5.73. The zero-order valence-electron chi connectivity index (χ0n) is 16.1. The second-order valence-corrected chi connectivity index (χ2v) is 7.55. The molecule has 0 bridgehead atoms. The van der Waals surface area contributed by atoms with E-state index >= 15 is 4.39 Å². The van der Waals surface area contributed by atoms with Crippen LogP contribution in [0.4, 0.5) is 8.78 Å². The maximum atomic E-state index is 15.4. The molecule has 1 saturated heterocycles. The molecule has 1 N–H and O–H groups in total. The topological polar surface area (TPSA) is 75.5 Å². The number of alkyl halides is 1. The minimum absolute atomic E-state index is 0.0121. The Morgan fingerprint density at radius 1 is 1.39 bits per heavy atom.